The molecule has 1 N–H and O–H groups in total. The Hall–Kier alpha value is -1.93. The standard InChI is InChI=1S/C19H17Cl3N4O2S/c1-3-26-18(11-4-6-12(28-2)7-5-11)24-25-19(26)29-10-17(27)23-16-9-14(21)13(20)8-15(16)22/h4-9H,3,10H2,1-2H3,(H,23,27). The average molecular weight is 472 g/mol. The number of amides is 1. The van der Waals surface area contributed by atoms with Gasteiger partial charge in [0.2, 0.25) is 5.91 Å². The number of aromatic nitrogens is 3. The van der Waals surface area contributed by atoms with Gasteiger partial charge in [-0.3, -0.25) is 4.79 Å². The van der Waals surface area contributed by atoms with Crippen LogP contribution in [0.5, 0.6) is 5.75 Å². The fourth-order valence-corrected chi connectivity index (χ4v) is 3.97. The van der Waals surface area contributed by atoms with Crippen molar-refractivity contribution in [2.45, 2.75) is 18.6 Å². The van der Waals surface area contributed by atoms with E-state index in [4.69, 9.17) is 39.5 Å². The van der Waals surface area contributed by atoms with Crippen molar-refractivity contribution in [3.63, 3.8) is 0 Å². The van der Waals surface area contributed by atoms with Crippen molar-refractivity contribution < 1.29 is 9.53 Å². The third kappa shape index (κ3) is 5.17. The van der Waals surface area contributed by atoms with E-state index in [1.54, 1.807) is 7.11 Å². The number of ether oxygens (including phenoxy) is 1. The molecule has 0 aliphatic carbocycles. The summed E-state index contributed by atoms with van der Waals surface area (Å²) in [6, 6.07) is 10.6. The Bertz CT molecular complexity index is 1030. The van der Waals surface area contributed by atoms with Crippen LogP contribution in [0.4, 0.5) is 5.69 Å². The number of hydrogen-bond donors (Lipinski definition) is 1. The molecule has 0 spiro atoms. The molecule has 6 nitrogen and oxygen atoms in total. The Morgan fingerprint density at radius 1 is 1.10 bits per heavy atom. The van der Waals surface area contributed by atoms with E-state index >= 15 is 0 Å². The van der Waals surface area contributed by atoms with Crippen LogP contribution in [0.2, 0.25) is 15.1 Å². The summed E-state index contributed by atoms with van der Waals surface area (Å²) in [4.78, 5) is 12.3. The van der Waals surface area contributed by atoms with Crippen molar-refractivity contribution in [3.05, 3.63) is 51.5 Å². The molecule has 0 radical (unpaired) electrons. The molecule has 1 amide bonds. The SMILES string of the molecule is CCn1c(SCC(=O)Nc2cc(Cl)c(Cl)cc2Cl)nnc1-c1ccc(OC)cc1. The molecule has 0 aliphatic heterocycles. The van der Waals surface area contributed by atoms with Crippen LogP contribution in [0.15, 0.2) is 41.6 Å². The highest BCUT2D eigenvalue weighted by atomic mass is 35.5. The largest absolute Gasteiger partial charge is 0.497 e. The van der Waals surface area contributed by atoms with Gasteiger partial charge in [0.25, 0.3) is 0 Å². The molecule has 152 valence electrons. The minimum absolute atomic E-state index is 0.136. The average Bonchev–Trinajstić information content (AvgIpc) is 3.13. The molecular formula is C19H17Cl3N4O2S. The molecule has 0 atom stereocenters. The lowest BCUT2D eigenvalue weighted by atomic mass is 10.2. The number of nitrogens with one attached hydrogen (secondary N) is 1. The summed E-state index contributed by atoms with van der Waals surface area (Å²) in [5.74, 6) is 1.39. The van der Waals surface area contributed by atoms with Crippen LogP contribution in [-0.2, 0) is 11.3 Å². The van der Waals surface area contributed by atoms with Crippen LogP contribution in [-0.4, -0.2) is 33.5 Å². The summed E-state index contributed by atoms with van der Waals surface area (Å²) in [6.45, 7) is 2.66. The lowest BCUT2D eigenvalue weighted by Crippen LogP contribution is -2.15. The number of rotatable bonds is 7. The molecule has 1 aromatic heterocycles. The molecule has 0 bridgehead atoms. The zero-order valence-corrected chi connectivity index (χ0v) is 18.7. The monoisotopic (exact) mass is 470 g/mol. The van der Waals surface area contributed by atoms with Crippen LogP contribution in [0.3, 0.4) is 0 Å². The van der Waals surface area contributed by atoms with Gasteiger partial charge in [-0.15, -0.1) is 10.2 Å². The van der Waals surface area contributed by atoms with Crippen molar-refractivity contribution in [3.8, 4) is 17.1 Å². The molecule has 0 aliphatic rings. The van der Waals surface area contributed by atoms with E-state index in [1.807, 2.05) is 35.8 Å². The minimum atomic E-state index is -0.244. The summed E-state index contributed by atoms with van der Waals surface area (Å²) >= 11 is 19.3. The lowest BCUT2D eigenvalue weighted by molar-refractivity contribution is -0.113. The highest BCUT2D eigenvalue weighted by Crippen LogP contribution is 2.32. The summed E-state index contributed by atoms with van der Waals surface area (Å²) in [7, 11) is 1.62. The predicted molar refractivity (Wildman–Crippen MR) is 119 cm³/mol. The van der Waals surface area contributed by atoms with E-state index in [0.29, 0.717) is 32.5 Å². The topological polar surface area (TPSA) is 69.0 Å². The molecule has 1 heterocycles. The van der Waals surface area contributed by atoms with Gasteiger partial charge in [-0.1, -0.05) is 46.6 Å². The number of anilines is 1. The lowest BCUT2D eigenvalue weighted by Gasteiger charge is -2.10. The highest BCUT2D eigenvalue weighted by molar-refractivity contribution is 7.99. The van der Waals surface area contributed by atoms with Crippen LogP contribution in [0.1, 0.15) is 6.92 Å². The Balaban J connectivity index is 1.70. The number of nitrogens with zero attached hydrogens (tertiary/aromatic N) is 3. The second-order valence-electron chi connectivity index (χ2n) is 5.86. The summed E-state index contributed by atoms with van der Waals surface area (Å²) in [6.07, 6.45) is 0. The summed E-state index contributed by atoms with van der Waals surface area (Å²) in [5.41, 5.74) is 1.32. The zero-order chi connectivity index (χ0) is 21.0. The number of hydrogen-bond acceptors (Lipinski definition) is 5. The molecule has 3 rings (SSSR count). The molecule has 3 aromatic rings. The highest BCUT2D eigenvalue weighted by Gasteiger charge is 2.16. The Kier molecular flexibility index (Phi) is 7.29. The van der Waals surface area contributed by atoms with Crippen molar-refractivity contribution in [2.75, 3.05) is 18.2 Å². The molecule has 0 unspecified atom stereocenters. The minimum Gasteiger partial charge on any atom is -0.497 e. The van der Waals surface area contributed by atoms with Crippen LogP contribution in [0.25, 0.3) is 11.4 Å². The van der Waals surface area contributed by atoms with Gasteiger partial charge in [0.1, 0.15) is 5.75 Å². The van der Waals surface area contributed by atoms with Crippen molar-refractivity contribution in [2.24, 2.45) is 0 Å². The zero-order valence-electron chi connectivity index (χ0n) is 15.6. The number of carbonyl (C=O) groups excluding carboxylic acids is 1. The number of thioether (sulfide) groups is 1. The van der Waals surface area contributed by atoms with Crippen molar-refractivity contribution >= 4 is 58.2 Å². The van der Waals surface area contributed by atoms with Gasteiger partial charge in [0.15, 0.2) is 11.0 Å². The molecular weight excluding hydrogens is 455 g/mol. The third-order valence-electron chi connectivity index (χ3n) is 4.00. The van der Waals surface area contributed by atoms with Gasteiger partial charge >= 0.3 is 0 Å². The normalized spacial score (nSPS) is 10.8. The molecule has 0 saturated heterocycles. The summed E-state index contributed by atoms with van der Waals surface area (Å²) in [5, 5.41) is 12.8. The second-order valence-corrected chi connectivity index (χ2v) is 8.03. The fourth-order valence-electron chi connectivity index (χ4n) is 2.57. The van der Waals surface area contributed by atoms with Crippen LogP contribution < -0.4 is 10.1 Å². The smallest absolute Gasteiger partial charge is 0.234 e. The van der Waals surface area contributed by atoms with E-state index < -0.39 is 0 Å². The second kappa shape index (κ2) is 9.71. The Morgan fingerprint density at radius 2 is 1.79 bits per heavy atom. The maximum absolute atomic E-state index is 12.3. The quantitative estimate of drug-likeness (QED) is 0.355. The third-order valence-corrected chi connectivity index (χ3v) is 6.00. The first-order valence-electron chi connectivity index (χ1n) is 8.57. The predicted octanol–water partition coefficient (Wildman–Crippen LogP) is 5.66. The molecule has 10 heteroatoms. The van der Waals surface area contributed by atoms with E-state index in [9.17, 15) is 4.79 Å². The maximum Gasteiger partial charge on any atom is 0.234 e. The van der Waals surface area contributed by atoms with Gasteiger partial charge in [0.05, 0.1) is 33.6 Å². The first kappa shape index (κ1) is 21.8. The van der Waals surface area contributed by atoms with Gasteiger partial charge in [-0.25, -0.2) is 0 Å². The Morgan fingerprint density at radius 3 is 2.45 bits per heavy atom. The van der Waals surface area contributed by atoms with E-state index in [1.165, 1.54) is 23.9 Å². The van der Waals surface area contributed by atoms with Gasteiger partial charge in [0, 0.05) is 12.1 Å². The van der Waals surface area contributed by atoms with Gasteiger partial charge in [-0.2, -0.15) is 0 Å². The van der Waals surface area contributed by atoms with Gasteiger partial charge in [-0.05, 0) is 43.3 Å². The molecule has 0 fully saturated rings. The van der Waals surface area contributed by atoms with Gasteiger partial charge < -0.3 is 14.6 Å². The van der Waals surface area contributed by atoms with Crippen molar-refractivity contribution in [1.82, 2.24) is 14.8 Å². The van der Waals surface area contributed by atoms with E-state index in [2.05, 4.69) is 15.5 Å². The molecule has 2 aromatic carbocycles. The first-order chi connectivity index (χ1) is 13.9. The fraction of sp³-hybridized carbons (Fsp3) is 0.211. The summed E-state index contributed by atoms with van der Waals surface area (Å²) < 4.78 is 7.14. The van der Waals surface area contributed by atoms with E-state index in [-0.39, 0.29) is 11.7 Å². The number of carbonyl (C=O) groups is 1. The first-order valence-corrected chi connectivity index (χ1v) is 10.7. The number of halogens is 3. The van der Waals surface area contributed by atoms with E-state index in [0.717, 1.165) is 17.1 Å². The molecule has 0 saturated carbocycles. The number of benzene rings is 2. The number of methoxy groups -OCH3 is 1. The van der Waals surface area contributed by atoms with Crippen LogP contribution >= 0.6 is 46.6 Å². The molecule has 29 heavy (non-hydrogen) atoms. The van der Waals surface area contributed by atoms with Crippen LogP contribution in [0, 0.1) is 0 Å². The maximum atomic E-state index is 12.3. The Labute approximate surface area is 187 Å². The van der Waals surface area contributed by atoms with Crippen molar-refractivity contribution in [1.29, 1.82) is 0 Å².